The maximum atomic E-state index is 10.1. The lowest BCUT2D eigenvalue weighted by Gasteiger charge is -2.19. The first kappa shape index (κ1) is 8.44. The lowest BCUT2D eigenvalue weighted by atomic mass is 9.99. The molecule has 0 amide bonds. The van der Waals surface area contributed by atoms with Crippen molar-refractivity contribution >= 4 is 0 Å². The van der Waals surface area contributed by atoms with E-state index in [0.717, 1.165) is 19.5 Å². The Morgan fingerprint density at radius 3 is 3.07 bits per heavy atom. The Morgan fingerprint density at radius 1 is 1.43 bits per heavy atom. The molecule has 1 saturated heterocycles. The minimum Gasteiger partial charge on any atom is -0.391 e. The van der Waals surface area contributed by atoms with E-state index in [1.54, 1.807) is 6.20 Å². The summed E-state index contributed by atoms with van der Waals surface area (Å²) in [5, 5.41) is 13.5. The Morgan fingerprint density at radius 2 is 2.36 bits per heavy atom. The summed E-state index contributed by atoms with van der Waals surface area (Å²) in [6.45, 7) is 2.03. The Balaban J connectivity index is 1.84. The fraction of sp³-hybridized carbons (Fsp3) is 0.700. The molecule has 1 aromatic rings. The van der Waals surface area contributed by atoms with Crippen LogP contribution in [0.5, 0.6) is 0 Å². The van der Waals surface area contributed by atoms with Crippen LogP contribution < -0.4 is 5.32 Å². The van der Waals surface area contributed by atoms with Crippen LogP contribution in [-0.4, -0.2) is 33.9 Å². The third kappa shape index (κ3) is 1.11. The topological polar surface area (TPSA) is 50.1 Å². The van der Waals surface area contributed by atoms with Crippen molar-refractivity contribution in [1.29, 1.82) is 0 Å². The Labute approximate surface area is 83.0 Å². The van der Waals surface area contributed by atoms with Gasteiger partial charge in [0.1, 0.15) is 0 Å². The van der Waals surface area contributed by atoms with Crippen molar-refractivity contribution in [3.05, 3.63) is 18.7 Å². The van der Waals surface area contributed by atoms with Crippen LogP contribution in [0.15, 0.2) is 18.7 Å². The van der Waals surface area contributed by atoms with Gasteiger partial charge in [0, 0.05) is 24.9 Å². The Hall–Kier alpha value is -0.870. The SMILES string of the molecule is OC1C(n2ccnc2)C[C@@H]2CNC[C@H]12. The lowest BCUT2D eigenvalue weighted by molar-refractivity contribution is 0.0962. The predicted molar refractivity (Wildman–Crippen MR) is 51.7 cm³/mol. The molecule has 0 aromatic carbocycles. The highest BCUT2D eigenvalue weighted by Gasteiger charge is 2.45. The molecule has 0 bridgehead atoms. The van der Waals surface area contributed by atoms with Gasteiger partial charge in [0.2, 0.25) is 0 Å². The van der Waals surface area contributed by atoms with E-state index in [0.29, 0.717) is 11.8 Å². The van der Waals surface area contributed by atoms with E-state index >= 15 is 0 Å². The molecule has 4 nitrogen and oxygen atoms in total. The van der Waals surface area contributed by atoms with Gasteiger partial charge >= 0.3 is 0 Å². The average molecular weight is 193 g/mol. The van der Waals surface area contributed by atoms with Crippen molar-refractivity contribution in [3.63, 3.8) is 0 Å². The van der Waals surface area contributed by atoms with Crippen LogP contribution in [0, 0.1) is 11.8 Å². The van der Waals surface area contributed by atoms with E-state index in [-0.39, 0.29) is 12.1 Å². The molecule has 14 heavy (non-hydrogen) atoms. The summed E-state index contributed by atoms with van der Waals surface area (Å²) in [5.74, 6) is 1.10. The van der Waals surface area contributed by atoms with Gasteiger partial charge in [0.05, 0.1) is 18.5 Å². The molecule has 2 fully saturated rings. The number of fused-ring (bicyclic) bond motifs is 1. The van der Waals surface area contributed by atoms with Crippen LogP contribution in [-0.2, 0) is 0 Å². The summed E-state index contributed by atoms with van der Waals surface area (Å²) in [5.41, 5.74) is 0. The van der Waals surface area contributed by atoms with Gasteiger partial charge in [0.25, 0.3) is 0 Å². The van der Waals surface area contributed by atoms with E-state index < -0.39 is 0 Å². The molecule has 2 heterocycles. The van der Waals surface area contributed by atoms with E-state index in [9.17, 15) is 5.11 Å². The Bertz CT molecular complexity index is 311. The summed E-state index contributed by atoms with van der Waals surface area (Å²) in [6.07, 6.45) is 6.41. The van der Waals surface area contributed by atoms with Gasteiger partial charge in [-0.15, -0.1) is 0 Å². The number of imidazole rings is 1. The smallest absolute Gasteiger partial charge is 0.0949 e. The molecule has 1 aliphatic carbocycles. The van der Waals surface area contributed by atoms with Crippen LogP contribution in [0.1, 0.15) is 12.5 Å². The zero-order chi connectivity index (χ0) is 9.54. The molecule has 1 aliphatic heterocycles. The third-order valence-corrected chi connectivity index (χ3v) is 3.68. The zero-order valence-corrected chi connectivity index (χ0v) is 8.00. The van der Waals surface area contributed by atoms with Crippen LogP contribution in [0.4, 0.5) is 0 Å². The van der Waals surface area contributed by atoms with Crippen LogP contribution in [0.2, 0.25) is 0 Å². The number of nitrogens with one attached hydrogen (secondary N) is 1. The molecule has 2 aliphatic rings. The third-order valence-electron chi connectivity index (χ3n) is 3.68. The normalized spacial score (nSPS) is 41.5. The molecule has 2 unspecified atom stereocenters. The number of hydrogen-bond donors (Lipinski definition) is 2. The van der Waals surface area contributed by atoms with Crippen LogP contribution >= 0.6 is 0 Å². The van der Waals surface area contributed by atoms with Crippen molar-refractivity contribution in [2.24, 2.45) is 11.8 Å². The van der Waals surface area contributed by atoms with Gasteiger partial charge in [-0.05, 0) is 18.9 Å². The van der Waals surface area contributed by atoms with Gasteiger partial charge in [-0.25, -0.2) is 4.98 Å². The number of hydrogen-bond acceptors (Lipinski definition) is 3. The molecule has 1 saturated carbocycles. The van der Waals surface area contributed by atoms with Crippen molar-refractivity contribution < 1.29 is 5.11 Å². The molecule has 2 N–H and O–H groups in total. The summed E-state index contributed by atoms with van der Waals surface area (Å²) in [4.78, 5) is 4.03. The number of aliphatic hydroxyl groups excluding tert-OH is 1. The van der Waals surface area contributed by atoms with Crippen LogP contribution in [0.3, 0.4) is 0 Å². The molecule has 1 aromatic heterocycles. The monoisotopic (exact) mass is 193 g/mol. The quantitative estimate of drug-likeness (QED) is 0.661. The molecule has 76 valence electrons. The number of aromatic nitrogens is 2. The summed E-state index contributed by atoms with van der Waals surface area (Å²) >= 11 is 0. The van der Waals surface area contributed by atoms with Gasteiger partial charge in [-0.1, -0.05) is 0 Å². The summed E-state index contributed by atoms with van der Waals surface area (Å²) in [7, 11) is 0. The minimum absolute atomic E-state index is 0.204. The fourth-order valence-electron chi connectivity index (χ4n) is 2.91. The Kier molecular flexibility index (Phi) is 1.85. The standard InChI is InChI=1S/C10H15N3O/c14-10-8-5-12-4-7(8)3-9(10)13-2-1-11-6-13/h1-2,6-10,12,14H,3-5H2/t7-,8+,9?,10?/m1/s1. The van der Waals surface area contributed by atoms with E-state index in [4.69, 9.17) is 0 Å². The van der Waals surface area contributed by atoms with Gasteiger partial charge in [-0.2, -0.15) is 0 Å². The molecule has 3 rings (SSSR count). The van der Waals surface area contributed by atoms with E-state index in [1.165, 1.54) is 0 Å². The largest absolute Gasteiger partial charge is 0.391 e. The first-order chi connectivity index (χ1) is 6.86. The summed E-state index contributed by atoms with van der Waals surface area (Å²) < 4.78 is 2.04. The highest BCUT2D eigenvalue weighted by Crippen LogP contribution is 2.41. The molecular formula is C10H15N3O. The van der Waals surface area contributed by atoms with Crippen molar-refractivity contribution in [2.45, 2.75) is 18.6 Å². The maximum absolute atomic E-state index is 10.1. The highest BCUT2D eigenvalue weighted by atomic mass is 16.3. The van der Waals surface area contributed by atoms with E-state index in [2.05, 4.69) is 10.3 Å². The number of aliphatic hydroxyl groups is 1. The molecular weight excluding hydrogens is 178 g/mol. The van der Waals surface area contributed by atoms with Crippen molar-refractivity contribution in [1.82, 2.24) is 14.9 Å². The number of rotatable bonds is 1. The van der Waals surface area contributed by atoms with Crippen LogP contribution in [0.25, 0.3) is 0 Å². The first-order valence-electron chi connectivity index (χ1n) is 5.22. The highest BCUT2D eigenvalue weighted by molar-refractivity contribution is 5.00. The minimum atomic E-state index is -0.204. The lowest BCUT2D eigenvalue weighted by Crippen LogP contribution is -2.27. The van der Waals surface area contributed by atoms with Gasteiger partial charge < -0.3 is 15.0 Å². The average Bonchev–Trinajstić information content (AvgIpc) is 2.84. The second-order valence-electron chi connectivity index (χ2n) is 4.39. The molecule has 0 radical (unpaired) electrons. The first-order valence-corrected chi connectivity index (χ1v) is 5.22. The molecule has 0 spiro atoms. The van der Waals surface area contributed by atoms with Crippen molar-refractivity contribution in [3.8, 4) is 0 Å². The maximum Gasteiger partial charge on any atom is 0.0949 e. The van der Waals surface area contributed by atoms with Crippen molar-refractivity contribution in [2.75, 3.05) is 13.1 Å². The predicted octanol–water partition coefficient (Wildman–Crippen LogP) is 0.0244. The second kappa shape index (κ2) is 3.07. The fourth-order valence-corrected chi connectivity index (χ4v) is 2.91. The van der Waals surface area contributed by atoms with Gasteiger partial charge in [-0.3, -0.25) is 0 Å². The van der Waals surface area contributed by atoms with Gasteiger partial charge in [0.15, 0.2) is 0 Å². The summed E-state index contributed by atoms with van der Waals surface area (Å²) in [6, 6.07) is 0.245. The zero-order valence-electron chi connectivity index (χ0n) is 8.00. The molecule has 4 atom stereocenters. The second-order valence-corrected chi connectivity index (χ2v) is 4.39. The number of nitrogens with zero attached hydrogens (tertiary/aromatic N) is 2. The van der Waals surface area contributed by atoms with E-state index in [1.807, 2.05) is 17.1 Å². The molecule has 4 heteroatoms.